The van der Waals surface area contributed by atoms with Gasteiger partial charge in [0.1, 0.15) is 5.56 Å². The number of nitrogens with one attached hydrogen (secondary N) is 1. The molecule has 2 aromatic heterocycles. The molecule has 1 N–H and O–H groups in total. The quantitative estimate of drug-likeness (QED) is 0.452. The third-order valence-corrected chi connectivity index (χ3v) is 6.87. The molecule has 0 bridgehead atoms. The predicted molar refractivity (Wildman–Crippen MR) is 133 cm³/mol. The zero-order valence-corrected chi connectivity index (χ0v) is 20.1. The first kappa shape index (κ1) is 22.4. The van der Waals surface area contributed by atoms with Crippen LogP contribution < -0.4 is 20.3 Å². The maximum Gasteiger partial charge on any atom is 0.279 e. The normalized spacial score (nSPS) is 14.7. The number of benzene rings is 2. The number of hydrogen-bond acceptors (Lipinski definition) is 6. The smallest absolute Gasteiger partial charge is 0.279 e. The molecule has 36 heavy (non-hydrogen) atoms. The first-order valence-electron chi connectivity index (χ1n) is 12.2. The lowest BCUT2D eigenvalue weighted by molar-refractivity contribution is 0.0952. The highest BCUT2D eigenvalue weighted by molar-refractivity contribution is 5.99. The Balaban J connectivity index is 1.27. The SMILES string of the molecule is CCn1c2c(c(=O)n3ncc(C(=O)NCc4ccc5c(c4)OCO5)c13)CN(Cc1ccccc1)CC2. The number of aryl methyl sites for hydroxylation is 1. The average molecular weight is 486 g/mol. The lowest BCUT2D eigenvalue weighted by atomic mass is 10.0. The first-order chi connectivity index (χ1) is 17.6. The Hall–Kier alpha value is -4.11. The lowest BCUT2D eigenvalue weighted by Crippen LogP contribution is -2.38. The molecular weight excluding hydrogens is 458 g/mol. The van der Waals surface area contributed by atoms with Gasteiger partial charge in [-0.2, -0.15) is 9.61 Å². The number of aromatic nitrogens is 3. The molecule has 1 amide bonds. The molecule has 0 fully saturated rings. The third-order valence-electron chi connectivity index (χ3n) is 6.87. The van der Waals surface area contributed by atoms with Gasteiger partial charge in [0, 0.05) is 44.8 Å². The summed E-state index contributed by atoms with van der Waals surface area (Å²) in [5.41, 5.74) is 4.64. The van der Waals surface area contributed by atoms with Crippen molar-refractivity contribution in [1.82, 2.24) is 24.4 Å². The lowest BCUT2D eigenvalue weighted by Gasteiger charge is -2.30. The van der Waals surface area contributed by atoms with Gasteiger partial charge < -0.3 is 19.4 Å². The number of ether oxygens (including phenoxy) is 2. The predicted octanol–water partition coefficient (Wildman–Crippen LogP) is 2.73. The van der Waals surface area contributed by atoms with Crippen LogP contribution in [0.25, 0.3) is 5.65 Å². The molecule has 9 nitrogen and oxygen atoms in total. The van der Waals surface area contributed by atoms with Crippen LogP contribution >= 0.6 is 0 Å². The molecule has 2 aromatic carbocycles. The van der Waals surface area contributed by atoms with Gasteiger partial charge in [0.05, 0.1) is 11.8 Å². The van der Waals surface area contributed by atoms with Crippen LogP contribution in [0.2, 0.25) is 0 Å². The molecule has 0 saturated heterocycles. The maximum absolute atomic E-state index is 13.5. The van der Waals surface area contributed by atoms with Crippen molar-refractivity contribution in [1.29, 1.82) is 0 Å². The molecule has 0 radical (unpaired) electrons. The minimum absolute atomic E-state index is 0.155. The van der Waals surface area contributed by atoms with Crippen molar-refractivity contribution < 1.29 is 14.3 Å². The van der Waals surface area contributed by atoms with Crippen LogP contribution in [0.5, 0.6) is 11.5 Å². The number of rotatable bonds is 6. The van der Waals surface area contributed by atoms with Gasteiger partial charge in [-0.3, -0.25) is 14.5 Å². The minimum Gasteiger partial charge on any atom is -0.454 e. The number of amides is 1. The minimum atomic E-state index is -0.272. The van der Waals surface area contributed by atoms with Crippen molar-refractivity contribution in [2.75, 3.05) is 13.3 Å². The second-order valence-corrected chi connectivity index (χ2v) is 9.08. The fraction of sp³-hybridized carbons (Fsp3) is 0.296. The Kier molecular flexibility index (Phi) is 5.69. The summed E-state index contributed by atoms with van der Waals surface area (Å²) in [4.78, 5) is 28.9. The zero-order chi connectivity index (χ0) is 24.6. The van der Waals surface area contributed by atoms with Gasteiger partial charge in [0.25, 0.3) is 11.5 Å². The first-order valence-corrected chi connectivity index (χ1v) is 12.2. The number of carbonyl (C=O) groups is 1. The number of hydrogen-bond donors (Lipinski definition) is 1. The van der Waals surface area contributed by atoms with E-state index in [0.717, 1.165) is 36.3 Å². The van der Waals surface area contributed by atoms with Gasteiger partial charge in [-0.05, 0) is 30.2 Å². The van der Waals surface area contributed by atoms with Crippen LogP contribution in [0.3, 0.4) is 0 Å². The number of carbonyl (C=O) groups excluding carboxylic acids is 1. The van der Waals surface area contributed by atoms with Crippen molar-refractivity contribution in [3.63, 3.8) is 0 Å². The Morgan fingerprint density at radius 1 is 1.08 bits per heavy atom. The summed E-state index contributed by atoms with van der Waals surface area (Å²) in [6.45, 7) is 5.39. The largest absolute Gasteiger partial charge is 0.454 e. The molecule has 184 valence electrons. The van der Waals surface area contributed by atoms with Crippen molar-refractivity contribution in [3.05, 3.63) is 93.0 Å². The van der Waals surface area contributed by atoms with Crippen molar-refractivity contribution in [2.45, 2.75) is 39.5 Å². The van der Waals surface area contributed by atoms with Crippen LogP contribution in [0.1, 0.15) is 39.7 Å². The molecule has 2 aliphatic heterocycles. The average Bonchev–Trinajstić information content (AvgIpc) is 3.56. The van der Waals surface area contributed by atoms with E-state index >= 15 is 0 Å². The Bertz CT molecular complexity index is 1510. The summed E-state index contributed by atoms with van der Waals surface area (Å²) in [5, 5.41) is 7.29. The maximum atomic E-state index is 13.5. The van der Waals surface area contributed by atoms with Gasteiger partial charge in [-0.25, -0.2) is 0 Å². The summed E-state index contributed by atoms with van der Waals surface area (Å²) in [7, 11) is 0. The van der Waals surface area contributed by atoms with E-state index in [2.05, 4.69) is 32.0 Å². The van der Waals surface area contributed by atoms with E-state index in [4.69, 9.17) is 9.47 Å². The Morgan fingerprint density at radius 2 is 1.92 bits per heavy atom. The topological polar surface area (TPSA) is 90.1 Å². The van der Waals surface area contributed by atoms with Gasteiger partial charge in [-0.15, -0.1) is 0 Å². The Morgan fingerprint density at radius 3 is 2.75 bits per heavy atom. The molecule has 0 saturated carbocycles. The molecule has 2 aliphatic rings. The van der Waals surface area contributed by atoms with Crippen LogP contribution in [-0.2, 0) is 32.6 Å². The van der Waals surface area contributed by atoms with Crippen molar-refractivity contribution in [3.8, 4) is 11.5 Å². The fourth-order valence-electron chi connectivity index (χ4n) is 5.11. The van der Waals surface area contributed by atoms with Crippen LogP contribution in [0.15, 0.2) is 59.5 Å². The molecule has 9 heteroatoms. The Labute approximate surface area is 207 Å². The molecule has 0 atom stereocenters. The summed E-state index contributed by atoms with van der Waals surface area (Å²) >= 11 is 0. The molecular formula is C27H27N5O4. The summed E-state index contributed by atoms with van der Waals surface area (Å²) in [6.07, 6.45) is 2.23. The zero-order valence-electron chi connectivity index (χ0n) is 20.1. The molecule has 0 unspecified atom stereocenters. The van der Waals surface area contributed by atoms with Crippen LogP contribution in [-0.4, -0.2) is 38.3 Å². The molecule has 0 spiro atoms. The molecule has 4 heterocycles. The van der Waals surface area contributed by atoms with Gasteiger partial charge in [0.2, 0.25) is 6.79 Å². The molecule has 6 rings (SSSR count). The van der Waals surface area contributed by atoms with Crippen LogP contribution in [0, 0.1) is 0 Å². The second kappa shape index (κ2) is 9.16. The highest BCUT2D eigenvalue weighted by Crippen LogP contribution is 2.32. The van der Waals surface area contributed by atoms with E-state index in [-0.39, 0.29) is 18.3 Å². The van der Waals surface area contributed by atoms with E-state index in [1.807, 2.05) is 43.3 Å². The number of fused-ring (bicyclic) bond motifs is 3. The highest BCUT2D eigenvalue weighted by atomic mass is 16.7. The van der Waals surface area contributed by atoms with Gasteiger partial charge in [-0.1, -0.05) is 36.4 Å². The summed E-state index contributed by atoms with van der Waals surface area (Å²) < 4.78 is 14.2. The summed E-state index contributed by atoms with van der Waals surface area (Å²) in [5.74, 6) is 1.10. The van der Waals surface area contributed by atoms with E-state index in [9.17, 15) is 9.59 Å². The van der Waals surface area contributed by atoms with Crippen molar-refractivity contribution >= 4 is 11.6 Å². The standard InChI is InChI=1S/C27H27N5O4/c1-2-31-22-10-11-30(15-18-6-4-3-5-7-18)16-21(22)27(34)32-26(31)20(14-29-32)25(33)28-13-19-8-9-23-24(12-19)36-17-35-23/h3-9,12,14H,2,10-11,13,15-17H2,1H3,(H,28,33). The molecule has 0 aliphatic carbocycles. The number of nitrogens with zero attached hydrogens (tertiary/aromatic N) is 4. The fourth-order valence-corrected chi connectivity index (χ4v) is 5.11. The highest BCUT2D eigenvalue weighted by Gasteiger charge is 2.27. The van der Waals surface area contributed by atoms with E-state index in [1.54, 1.807) is 0 Å². The summed E-state index contributed by atoms with van der Waals surface area (Å²) in [6, 6.07) is 15.9. The third kappa shape index (κ3) is 3.91. The monoisotopic (exact) mass is 485 g/mol. The van der Waals surface area contributed by atoms with E-state index < -0.39 is 0 Å². The van der Waals surface area contributed by atoms with Crippen LogP contribution in [0.4, 0.5) is 0 Å². The van der Waals surface area contributed by atoms with Crippen molar-refractivity contribution in [2.24, 2.45) is 0 Å². The van der Waals surface area contributed by atoms with E-state index in [0.29, 0.717) is 42.3 Å². The van der Waals surface area contributed by atoms with E-state index in [1.165, 1.54) is 16.3 Å². The van der Waals surface area contributed by atoms with Gasteiger partial charge in [0.15, 0.2) is 17.1 Å². The van der Waals surface area contributed by atoms with Gasteiger partial charge >= 0.3 is 0 Å². The molecule has 4 aromatic rings. The second-order valence-electron chi connectivity index (χ2n) is 9.08.